The van der Waals surface area contributed by atoms with E-state index in [-0.39, 0.29) is 0 Å². The molecule has 0 aliphatic heterocycles. The second-order valence-electron chi connectivity index (χ2n) is 2.90. The summed E-state index contributed by atoms with van der Waals surface area (Å²) < 4.78 is 12.1. The van der Waals surface area contributed by atoms with Crippen LogP contribution in [0, 0.1) is 0 Å². The molecule has 0 aromatic rings. The van der Waals surface area contributed by atoms with Gasteiger partial charge in [0.2, 0.25) is 0 Å². The minimum Gasteiger partial charge on any atom is -0.208 e. The second kappa shape index (κ2) is 6.84. The van der Waals surface area contributed by atoms with Gasteiger partial charge in [0.1, 0.15) is 5.83 Å². The van der Waals surface area contributed by atoms with Crippen molar-refractivity contribution < 1.29 is 4.39 Å². The van der Waals surface area contributed by atoms with Gasteiger partial charge in [0.15, 0.2) is 0 Å². The smallest absolute Gasteiger partial charge is 0.116 e. The van der Waals surface area contributed by atoms with Gasteiger partial charge in [-0.05, 0) is 18.9 Å². The molecule has 0 N–H and O–H groups in total. The molecule has 0 nitrogen and oxygen atoms in total. The molecule has 0 aliphatic carbocycles. The second-order valence-corrected chi connectivity index (χ2v) is 2.90. The molecule has 0 radical (unpaired) electrons. The Morgan fingerprint density at radius 1 is 1.25 bits per heavy atom. The van der Waals surface area contributed by atoms with Crippen LogP contribution in [-0.4, -0.2) is 0 Å². The third kappa shape index (κ3) is 7.26. The predicted molar refractivity (Wildman–Crippen MR) is 52.7 cm³/mol. The Kier molecular flexibility index (Phi) is 6.35. The fourth-order valence-corrected chi connectivity index (χ4v) is 0.894. The first-order valence-electron chi connectivity index (χ1n) is 4.37. The van der Waals surface area contributed by atoms with Crippen molar-refractivity contribution in [2.45, 2.75) is 32.6 Å². The molecule has 0 unspecified atom stereocenters. The molecule has 0 saturated carbocycles. The van der Waals surface area contributed by atoms with Gasteiger partial charge in [0, 0.05) is 0 Å². The summed E-state index contributed by atoms with van der Waals surface area (Å²) in [6.07, 6.45) is 7.55. The molecule has 68 valence electrons. The normalized spacial score (nSPS) is 10.5. The van der Waals surface area contributed by atoms with Crippen LogP contribution in [0.3, 0.4) is 0 Å². The molecule has 1 heteroatoms. The Morgan fingerprint density at radius 3 is 2.42 bits per heavy atom. The molecule has 0 atom stereocenters. The number of allylic oxidation sites excluding steroid dienone is 4. The van der Waals surface area contributed by atoms with Gasteiger partial charge >= 0.3 is 0 Å². The average molecular weight is 168 g/mol. The van der Waals surface area contributed by atoms with E-state index < -0.39 is 5.83 Å². The van der Waals surface area contributed by atoms with E-state index >= 15 is 0 Å². The minimum atomic E-state index is -0.411. The molecule has 0 amide bonds. The van der Waals surface area contributed by atoms with E-state index in [1.54, 1.807) is 6.08 Å². The molecule has 0 spiro atoms. The van der Waals surface area contributed by atoms with Gasteiger partial charge in [0.25, 0.3) is 0 Å². The largest absolute Gasteiger partial charge is 0.208 e. The Balaban J connectivity index is 3.53. The fourth-order valence-electron chi connectivity index (χ4n) is 0.894. The number of hydrogen-bond acceptors (Lipinski definition) is 0. The summed E-state index contributed by atoms with van der Waals surface area (Å²) in [7, 11) is 0. The molecule has 0 aromatic heterocycles. The molecule has 0 fully saturated rings. The molecule has 0 rings (SSSR count). The van der Waals surface area contributed by atoms with Crippen molar-refractivity contribution in [1.29, 1.82) is 0 Å². The summed E-state index contributed by atoms with van der Waals surface area (Å²) >= 11 is 0. The topological polar surface area (TPSA) is 0 Å². The van der Waals surface area contributed by atoms with Gasteiger partial charge in [0.05, 0.1) is 0 Å². The number of hydrogen-bond donors (Lipinski definition) is 0. The molecule has 0 heterocycles. The summed E-state index contributed by atoms with van der Waals surface area (Å²) in [5.41, 5.74) is 0.974. The van der Waals surface area contributed by atoms with Gasteiger partial charge in [-0.15, -0.1) is 0 Å². The van der Waals surface area contributed by atoms with E-state index in [2.05, 4.69) is 20.1 Å². The van der Waals surface area contributed by atoms with E-state index in [0.717, 1.165) is 18.4 Å². The van der Waals surface area contributed by atoms with E-state index in [4.69, 9.17) is 0 Å². The summed E-state index contributed by atoms with van der Waals surface area (Å²) in [5, 5.41) is 0. The summed E-state index contributed by atoms with van der Waals surface area (Å²) in [4.78, 5) is 0. The lowest BCUT2D eigenvalue weighted by Crippen LogP contribution is -1.78. The van der Waals surface area contributed by atoms with Crippen LogP contribution in [0.5, 0.6) is 0 Å². The van der Waals surface area contributed by atoms with Crippen molar-refractivity contribution >= 4 is 0 Å². The highest BCUT2D eigenvalue weighted by Crippen LogP contribution is 2.09. The predicted octanol–water partition coefficient (Wildman–Crippen LogP) is 4.16. The van der Waals surface area contributed by atoms with Crippen LogP contribution in [0.2, 0.25) is 0 Å². The monoisotopic (exact) mass is 168 g/mol. The first-order valence-corrected chi connectivity index (χ1v) is 4.37. The summed E-state index contributed by atoms with van der Waals surface area (Å²) in [6.45, 7) is 9.09. The maximum Gasteiger partial charge on any atom is 0.116 e. The molecular formula is C11H17F. The maximum atomic E-state index is 12.1. The maximum absolute atomic E-state index is 12.1. The Labute approximate surface area is 74.5 Å². The summed E-state index contributed by atoms with van der Waals surface area (Å²) in [5.74, 6) is -0.411. The first-order chi connectivity index (χ1) is 5.66. The standard InChI is InChI=1S/C11H17F/c1-4-5-6-7-10(2)8-9-11(3)12/h8-9H,2-7H2,1H3/b9-8-. The molecule has 0 saturated heterocycles. The van der Waals surface area contributed by atoms with Crippen molar-refractivity contribution in [2.75, 3.05) is 0 Å². The van der Waals surface area contributed by atoms with Crippen molar-refractivity contribution in [3.05, 3.63) is 36.7 Å². The lowest BCUT2D eigenvalue weighted by atomic mass is 10.1. The number of rotatable bonds is 6. The van der Waals surface area contributed by atoms with Crippen LogP contribution in [0.4, 0.5) is 4.39 Å². The van der Waals surface area contributed by atoms with Gasteiger partial charge in [-0.3, -0.25) is 0 Å². The quantitative estimate of drug-likeness (QED) is 0.412. The van der Waals surface area contributed by atoms with Crippen molar-refractivity contribution in [1.82, 2.24) is 0 Å². The molecule has 0 aromatic carbocycles. The average Bonchev–Trinajstić information content (AvgIpc) is 2.01. The number of halogens is 1. The first kappa shape index (κ1) is 11.2. The summed E-state index contributed by atoms with van der Waals surface area (Å²) in [6, 6.07) is 0. The highest BCUT2D eigenvalue weighted by molar-refractivity contribution is 5.20. The van der Waals surface area contributed by atoms with Gasteiger partial charge in [-0.25, -0.2) is 4.39 Å². The third-order valence-electron chi connectivity index (χ3n) is 1.60. The van der Waals surface area contributed by atoms with E-state index in [1.807, 2.05) is 0 Å². The van der Waals surface area contributed by atoms with E-state index in [9.17, 15) is 4.39 Å². The zero-order valence-corrected chi connectivity index (χ0v) is 7.78. The molecule has 0 aliphatic rings. The Hall–Kier alpha value is -0.850. The van der Waals surface area contributed by atoms with Crippen LogP contribution in [-0.2, 0) is 0 Å². The van der Waals surface area contributed by atoms with Crippen molar-refractivity contribution in [3.8, 4) is 0 Å². The van der Waals surface area contributed by atoms with E-state index in [0.29, 0.717) is 0 Å². The van der Waals surface area contributed by atoms with Crippen LogP contribution < -0.4 is 0 Å². The lowest BCUT2D eigenvalue weighted by Gasteiger charge is -1.97. The molecule has 0 bridgehead atoms. The highest BCUT2D eigenvalue weighted by Gasteiger charge is 1.89. The number of unbranched alkanes of at least 4 members (excludes halogenated alkanes) is 2. The van der Waals surface area contributed by atoms with Gasteiger partial charge < -0.3 is 0 Å². The highest BCUT2D eigenvalue weighted by atomic mass is 19.1. The van der Waals surface area contributed by atoms with E-state index in [1.165, 1.54) is 18.9 Å². The minimum absolute atomic E-state index is 0.411. The fraction of sp³-hybridized carbons (Fsp3) is 0.455. The molecular weight excluding hydrogens is 151 g/mol. The van der Waals surface area contributed by atoms with Crippen LogP contribution >= 0.6 is 0 Å². The Bertz CT molecular complexity index is 177. The van der Waals surface area contributed by atoms with Gasteiger partial charge in [-0.2, -0.15) is 0 Å². The van der Waals surface area contributed by atoms with Crippen molar-refractivity contribution in [3.63, 3.8) is 0 Å². The zero-order chi connectivity index (χ0) is 9.40. The van der Waals surface area contributed by atoms with Crippen LogP contribution in [0.25, 0.3) is 0 Å². The van der Waals surface area contributed by atoms with Crippen LogP contribution in [0.1, 0.15) is 32.6 Å². The van der Waals surface area contributed by atoms with Gasteiger partial charge in [-0.1, -0.05) is 44.6 Å². The SMILES string of the molecule is C=C(F)/C=C\C(=C)CCCCC. The third-order valence-corrected chi connectivity index (χ3v) is 1.60. The lowest BCUT2D eigenvalue weighted by molar-refractivity contribution is 0.670. The zero-order valence-electron chi connectivity index (χ0n) is 7.78. The van der Waals surface area contributed by atoms with Crippen LogP contribution in [0.15, 0.2) is 36.7 Å². The van der Waals surface area contributed by atoms with Crippen molar-refractivity contribution in [2.24, 2.45) is 0 Å². The Morgan fingerprint density at radius 2 is 1.92 bits per heavy atom. The molecule has 12 heavy (non-hydrogen) atoms.